The third-order valence-corrected chi connectivity index (χ3v) is 7.86. The van der Waals surface area contributed by atoms with Gasteiger partial charge in [0.2, 0.25) is 0 Å². The molecule has 0 saturated carbocycles. The number of hydrogen-bond donors (Lipinski definition) is 2. The predicted octanol–water partition coefficient (Wildman–Crippen LogP) is 9.99. The normalized spacial score (nSPS) is 11.6. The summed E-state index contributed by atoms with van der Waals surface area (Å²) in [5.74, 6) is -0.875. The summed E-state index contributed by atoms with van der Waals surface area (Å²) in [5.41, 5.74) is 9.18. The molecule has 0 atom stereocenters. The van der Waals surface area contributed by atoms with Gasteiger partial charge in [0.25, 0.3) is 0 Å². The van der Waals surface area contributed by atoms with Crippen molar-refractivity contribution in [1.29, 1.82) is 0 Å². The first kappa shape index (κ1) is 32.1. The quantitative estimate of drug-likeness (QED) is 0.137. The lowest BCUT2D eigenvalue weighted by Gasteiger charge is -2.20. The zero-order valence-electron chi connectivity index (χ0n) is 26.2. The fourth-order valence-electron chi connectivity index (χ4n) is 5.77. The number of allylic oxidation sites excluding steroid dienone is 5. The summed E-state index contributed by atoms with van der Waals surface area (Å²) in [6.45, 7) is 0. The number of halogens is 1. The highest BCUT2D eigenvalue weighted by Gasteiger charge is 2.25. The van der Waals surface area contributed by atoms with E-state index in [1.807, 2.05) is 91.0 Å². The van der Waals surface area contributed by atoms with Gasteiger partial charge in [-0.1, -0.05) is 127 Å². The molecule has 0 spiro atoms. The molecule has 0 saturated heterocycles. The molecule has 3 nitrogen and oxygen atoms in total. The topological polar surface area (TPSA) is 49.7 Å². The Morgan fingerprint density at radius 2 is 1.02 bits per heavy atom. The van der Waals surface area contributed by atoms with Gasteiger partial charge in [-0.2, -0.15) is 0 Å². The molecule has 1 aliphatic carbocycles. The minimum atomic E-state index is -2.13. The highest BCUT2D eigenvalue weighted by molar-refractivity contribution is 6.33. The van der Waals surface area contributed by atoms with Crippen molar-refractivity contribution in [3.05, 3.63) is 211 Å². The van der Waals surface area contributed by atoms with Crippen molar-refractivity contribution in [2.24, 2.45) is 0 Å². The van der Waals surface area contributed by atoms with Crippen molar-refractivity contribution >= 4 is 12.9 Å². The molecule has 0 unspecified atom stereocenters. The van der Waals surface area contributed by atoms with Crippen molar-refractivity contribution in [2.45, 2.75) is 0 Å². The molecule has 0 radical (unpaired) electrons. The Bertz CT molecular complexity index is 1980. The molecule has 0 aliphatic heterocycles. The van der Waals surface area contributed by atoms with E-state index in [-0.39, 0.29) is 5.75 Å². The largest absolute Gasteiger partial charge is 0.707 e. The van der Waals surface area contributed by atoms with Gasteiger partial charge < -0.3 is 14.7 Å². The van der Waals surface area contributed by atoms with E-state index in [2.05, 4.69) is 91.4 Å². The van der Waals surface area contributed by atoms with Gasteiger partial charge in [-0.05, 0) is 52.6 Å². The fourth-order valence-corrected chi connectivity index (χ4v) is 5.77. The van der Waals surface area contributed by atoms with Gasteiger partial charge in [0.15, 0.2) is 5.82 Å². The van der Waals surface area contributed by atoms with Crippen LogP contribution in [0.5, 0.6) is 5.75 Å². The van der Waals surface area contributed by atoms with Gasteiger partial charge >= 0.3 is 7.32 Å². The Hall–Kier alpha value is -5.88. The lowest BCUT2D eigenvalue weighted by Crippen LogP contribution is -2.21. The lowest BCUT2D eigenvalue weighted by molar-refractivity contribution is 0.282. The van der Waals surface area contributed by atoms with Crippen LogP contribution in [-0.4, -0.2) is 17.4 Å². The lowest BCUT2D eigenvalue weighted by atomic mass is 9.86. The molecule has 0 fully saturated rings. The van der Waals surface area contributed by atoms with Crippen molar-refractivity contribution in [1.82, 2.24) is 0 Å². The molecule has 5 heteroatoms. The first-order valence-electron chi connectivity index (χ1n) is 15.7. The molecule has 0 bridgehead atoms. The van der Waals surface area contributed by atoms with Crippen molar-refractivity contribution in [2.75, 3.05) is 0 Å². The smallest absolute Gasteiger partial charge is 0.510 e. The van der Waals surface area contributed by atoms with Crippen LogP contribution in [0.25, 0.3) is 39.0 Å². The summed E-state index contributed by atoms with van der Waals surface area (Å²) in [7, 11) is -2.13. The molecule has 0 heterocycles. The SMILES string of the molecule is C1=C[CH+]C(=C(c2ccccc2)c2ccccc2)C=C1.OB(O)Oc1cc(-c2ccccc2)c(-c2ccccc2)c(-c2ccccc2)c1F. The second kappa shape index (κ2) is 15.6. The monoisotopic (exact) mass is 627 g/mol. The summed E-state index contributed by atoms with van der Waals surface area (Å²) >= 11 is 0. The van der Waals surface area contributed by atoms with E-state index < -0.39 is 13.1 Å². The number of rotatable bonds is 7. The van der Waals surface area contributed by atoms with Crippen LogP contribution in [-0.2, 0) is 0 Å². The maximum Gasteiger partial charge on any atom is 0.707 e. The Kier molecular flexibility index (Phi) is 10.4. The second-order valence-corrected chi connectivity index (χ2v) is 11.0. The molecular weight excluding hydrogens is 594 g/mol. The van der Waals surface area contributed by atoms with E-state index in [4.69, 9.17) is 4.65 Å². The van der Waals surface area contributed by atoms with Crippen LogP contribution >= 0.6 is 0 Å². The second-order valence-electron chi connectivity index (χ2n) is 11.0. The van der Waals surface area contributed by atoms with E-state index in [0.717, 1.165) is 16.7 Å². The van der Waals surface area contributed by atoms with Gasteiger partial charge in [0.1, 0.15) is 11.3 Å². The molecule has 48 heavy (non-hydrogen) atoms. The number of benzene rings is 6. The zero-order chi connectivity index (χ0) is 33.1. The summed E-state index contributed by atoms with van der Waals surface area (Å²) in [6, 6.07) is 50.9. The Balaban J connectivity index is 0.000000182. The minimum absolute atomic E-state index is 0.225. The van der Waals surface area contributed by atoms with Crippen LogP contribution in [0.4, 0.5) is 4.39 Å². The van der Waals surface area contributed by atoms with E-state index in [1.165, 1.54) is 28.3 Å². The molecule has 6 aromatic carbocycles. The Morgan fingerprint density at radius 3 is 1.48 bits per heavy atom. The summed E-state index contributed by atoms with van der Waals surface area (Å²) in [5, 5.41) is 18.6. The maximum atomic E-state index is 15.6. The van der Waals surface area contributed by atoms with Crippen LogP contribution in [0.3, 0.4) is 0 Å². The van der Waals surface area contributed by atoms with Crippen LogP contribution in [0, 0.1) is 12.2 Å². The molecule has 2 N–H and O–H groups in total. The summed E-state index contributed by atoms with van der Waals surface area (Å²) in [6.07, 6.45) is 10.5. The average Bonchev–Trinajstić information content (AvgIpc) is 3.15. The summed E-state index contributed by atoms with van der Waals surface area (Å²) in [4.78, 5) is 0. The Labute approximate surface area is 281 Å². The van der Waals surface area contributed by atoms with Crippen molar-refractivity contribution in [3.8, 4) is 39.1 Å². The zero-order valence-corrected chi connectivity index (χ0v) is 26.2. The minimum Gasteiger partial charge on any atom is -0.510 e. The van der Waals surface area contributed by atoms with Crippen molar-refractivity contribution in [3.63, 3.8) is 0 Å². The van der Waals surface area contributed by atoms with E-state index in [9.17, 15) is 10.0 Å². The van der Waals surface area contributed by atoms with Crippen LogP contribution < -0.4 is 4.65 Å². The highest BCUT2D eigenvalue weighted by Crippen LogP contribution is 2.45. The van der Waals surface area contributed by atoms with Gasteiger partial charge in [-0.25, -0.2) is 4.39 Å². The maximum absolute atomic E-state index is 15.6. The fraction of sp³-hybridized carbons (Fsp3) is 0. The van der Waals surface area contributed by atoms with Gasteiger partial charge in [0.05, 0.1) is 5.57 Å². The molecule has 0 amide bonds. The standard InChI is InChI=1S/C24H18BFO3.C19H15/c26-24-21(29-25(27)28)16-20(17-10-4-1-5-11-17)22(18-12-6-2-7-13-18)23(24)19-14-8-3-9-15-19;1-4-10-16(11-5-1)19(17-12-6-2-7-13-17)18-14-8-3-9-15-18/h1-16,27-28H;1-15H/q;+1. The molecule has 1 aliphatic rings. The van der Waals surface area contributed by atoms with Gasteiger partial charge in [0, 0.05) is 53.0 Å². The van der Waals surface area contributed by atoms with Crippen molar-refractivity contribution < 1.29 is 19.1 Å². The first-order valence-corrected chi connectivity index (χ1v) is 15.7. The molecule has 232 valence electrons. The van der Waals surface area contributed by atoms with Gasteiger partial charge in [-0.15, -0.1) is 0 Å². The highest BCUT2D eigenvalue weighted by atomic mass is 19.1. The average molecular weight is 628 g/mol. The Morgan fingerprint density at radius 1 is 0.562 bits per heavy atom. The molecule has 0 aromatic heterocycles. The third-order valence-electron chi connectivity index (χ3n) is 7.86. The van der Waals surface area contributed by atoms with E-state index in [1.54, 1.807) is 0 Å². The van der Waals surface area contributed by atoms with Crippen LogP contribution in [0.2, 0.25) is 0 Å². The molecule has 7 rings (SSSR count). The summed E-state index contributed by atoms with van der Waals surface area (Å²) < 4.78 is 20.6. The van der Waals surface area contributed by atoms with E-state index in [0.29, 0.717) is 16.7 Å². The van der Waals surface area contributed by atoms with Gasteiger partial charge in [-0.3, -0.25) is 0 Å². The van der Waals surface area contributed by atoms with E-state index >= 15 is 4.39 Å². The number of hydrogen-bond acceptors (Lipinski definition) is 3. The first-order chi connectivity index (χ1) is 23.6. The molecule has 6 aromatic rings. The van der Waals surface area contributed by atoms with Crippen LogP contribution in [0.15, 0.2) is 188 Å². The third kappa shape index (κ3) is 7.56. The predicted molar refractivity (Wildman–Crippen MR) is 195 cm³/mol. The van der Waals surface area contributed by atoms with Crippen LogP contribution in [0.1, 0.15) is 11.1 Å². The molecular formula is C43H33BFO3+.